The maximum absolute atomic E-state index is 5.53. The molecule has 0 spiro atoms. The molecular formula is C11H18N2. The van der Waals surface area contributed by atoms with Gasteiger partial charge in [-0.3, -0.25) is 0 Å². The molecule has 72 valence electrons. The molecule has 0 aromatic carbocycles. The molecule has 0 bridgehead atoms. The van der Waals surface area contributed by atoms with E-state index in [-0.39, 0.29) is 5.54 Å². The van der Waals surface area contributed by atoms with Crippen LogP contribution in [0.1, 0.15) is 26.7 Å². The van der Waals surface area contributed by atoms with Crippen LogP contribution in [0.4, 0.5) is 0 Å². The lowest BCUT2D eigenvalue weighted by molar-refractivity contribution is 0.481. The van der Waals surface area contributed by atoms with E-state index in [1.165, 1.54) is 5.57 Å². The Morgan fingerprint density at radius 3 is 2.77 bits per heavy atom. The lowest BCUT2D eigenvalue weighted by Gasteiger charge is -2.31. The Morgan fingerprint density at radius 1 is 1.62 bits per heavy atom. The third kappa shape index (κ3) is 2.65. The van der Waals surface area contributed by atoms with Crippen LogP contribution in [0.25, 0.3) is 0 Å². The third-order valence-corrected chi connectivity index (χ3v) is 2.29. The van der Waals surface area contributed by atoms with E-state index in [2.05, 4.69) is 44.0 Å². The van der Waals surface area contributed by atoms with Crippen molar-refractivity contribution in [2.24, 2.45) is 5.73 Å². The van der Waals surface area contributed by atoms with Gasteiger partial charge in [0.1, 0.15) is 0 Å². The summed E-state index contributed by atoms with van der Waals surface area (Å²) in [5, 5.41) is 3.17. The summed E-state index contributed by atoms with van der Waals surface area (Å²) in [6.07, 6.45) is 8.65. The summed E-state index contributed by atoms with van der Waals surface area (Å²) in [6.45, 7) is 7.90. The lowest BCUT2D eigenvalue weighted by Crippen LogP contribution is -2.42. The molecule has 0 radical (unpaired) electrons. The molecule has 1 rings (SSSR count). The van der Waals surface area contributed by atoms with Crippen LogP contribution >= 0.6 is 0 Å². The fourth-order valence-electron chi connectivity index (χ4n) is 1.61. The number of hydrogen-bond donors (Lipinski definition) is 2. The Labute approximate surface area is 80.2 Å². The van der Waals surface area contributed by atoms with Crippen LogP contribution in [0, 0.1) is 0 Å². The van der Waals surface area contributed by atoms with E-state index in [1.54, 1.807) is 0 Å². The van der Waals surface area contributed by atoms with Crippen LogP contribution < -0.4 is 11.1 Å². The molecule has 0 aromatic heterocycles. The Bertz CT molecular complexity index is 259. The molecular weight excluding hydrogens is 160 g/mol. The van der Waals surface area contributed by atoms with Gasteiger partial charge in [0, 0.05) is 0 Å². The van der Waals surface area contributed by atoms with Crippen molar-refractivity contribution in [2.45, 2.75) is 32.2 Å². The molecule has 0 saturated heterocycles. The number of allylic oxidation sites excluding steroid dienone is 3. The van der Waals surface area contributed by atoms with E-state index in [0.717, 1.165) is 12.8 Å². The molecule has 0 amide bonds. The van der Waals surface area contributed by atoms with Gasteiger partial charge in [0.15, 0.2) is 0 Å². The van der Waals surface area contributed by atoms with Gasteiger partial charge in [0.2, 0.25) is 0 Å². The topological polar surface area (TPSA) is 38.0 Å². The molecule has 0 heterocycles. The molecule has 0 aliphatic heterocycles. The van der Waals surface area contributed by atoms with Gasteiger partial charge in [0.05, 0.1) is 11.4 Å². The summed E-state index contributed by atoms with van der Waals surface area (Å²) in [5.74, 6) is 0.528. The van der Waals surface area contributed by atoms with Gasteiger partial charge < -0.3 is 11.1 Å². The highest BCUT2D eigenvalue weighted by atomic mass is 15.0. The smallest absolute Gasteiger partial charge is 0.0892 e. The fraction of sp³-hybridized carbons (Fsp3) is 0.455. The molecule has 1 aliphatic rings. The molecule has 13 heavy (non-hydrogen) atoms. The van der Waals surface area contributed by atoms with Crippen molar-refractivity contribution < 1.29 is 0 Å². The largest absolute Gasteiger partial charge is 0.386 e. The molecule has 0 fully saturated rings. The second-order valence-corrected chi connectivity index (χ2v) is 3.93. The van der Waals surface area contributed by atoms with Crippen molar-refractivity contribution in [3.05, 3.63) is 36.2 Å². The average Bonchev–Trinajstić information content (AvgIpc) is 2.04. The molecule has 0 atom stereocenters. The summed E-state index contributed by atoms with van der Waals surface area (Å²) in [7, 11) is 0. The van der Waals surface area contributed by atoms with Gasteiger partial charge in [0.25, 0.3) is 0 Å². The molecule has 0 unspecified atom stereocenters. The first-order chi connectivity index (χ1) is 6.02. The number of hydrogen-bond acceptors (Lipinski definition) is 2. The van der Waals surface area contributed by atoms with E-state index >= 15 is 0 Å². The maximum Gasteiger partial charge on any atom is 0.0892 e. The standard InChI is InChI=1S/C11H18N2/c1-9(12)13-11(2,3)10-7-5-4-6-8-10/h4-5,7,13H,1,6,8,12H2,2-3H3. The number of nitrogens with two attached hydrogens (primary N) is 1. The number of nitrogens with one attached hydrogen (secondary N) is 1. The van der Waals surface area contributed by atoms with Crippen molar-refractivity contribution in [3.63, 3.8) is 0 Å². The molecule has 3 N–H and O–H groups in total. The monoisotopic (exact) mass is 178 g/mol. The first kappa shape index (κ1) is 9.90. The van der Waals surface area contributed by atoms with E-state index in [0.29, 0.717) is 5.82 Å². The quantitative estimate of drug-likeness (QED) is 0.694. The Hall–Kier alpha value is -1.18. The SMILES string of the molecule is C=C(N)NC(C)(C)C1=CC=CCC1. The predicted molar refractivity (Wildman–Crippen MR) is 57.0 cm³/mol. The van der Waals surface area contributed by atoms with Gasteiger partial charge in [-0.2, -0.15) is 0 Å². The molecule has 0 aromatic rings. The van der Waals surface area contributed by atoms with Crippen molar-refractivity contribution in [1.29, 1.82) is 0 Å². The van der Waals surface area contributed by atoms with Crippen LogP contribution in [-0.4, -0.2) is 5.54 Å². The van der Waals surface area contributed by atoms with E-state index < -0.39 is 0 Å². The summed E-state index contributed by atoms with van der Waals surface area (Å²) in [4.78, 5) is 0. The highest BCUT2D eigenvalue weighted by Crippen LogP contribution is 2.24. The van der Waals surface area contributed by atoms with E-state index in [1.807, 2.05) is 0 Å². The highest BCUT2D eigenvalue weighted by molar-refractivity contribution is 5.27. The Kier molecular flexibility index (Phi) is 2.81. The van der Waals surface area contributed by atoms with Gasteiger partial charge in [-0.1, -0.05) is 24.8 Å². The van der Waals surface area contributed by atoms with Crippen LogP contribution in [0.15, 0.2) is 36.2 Å². The van der Waals surface area contributed by atoms with Crippen molar-refractivity contribution in [3.8, 4) is 0 Å². The average molecular weight is 178 g/mol. The van der Waals surface area contributed by atoms with Crippen molar-refractivity contribution in [2.75, 3.05) is 0 Å². The zero-order chi connectivity index (χ0) is 9.90. The minimum atomic E-state index is -0.0728. The second-order valence-electron chi connectivity index (χ2n) is 3.93. The Balaban J connectivity index is 2.72. The minimum Gasteiger partial charge on any atom is -0.386 e. The van der Waals surface area contributed by atoms with Gasteiger partial charge in [-0.25, -0.2) is 0 Å². The van der Waals surface area contributed by atoms with E-state index in [4.69, 9.17) is 5.73 Å². The van der Waals surface area contributed by atoms with Gasteiger partial charge in [-0.15, -0.1) is 0 Å². The zero-order valence-corrected chi connectivity index (χ0v) is 8.43. The molecule has 2 nitrogen and oxygen atoms in total. The maximum atomic E-state index is 5.53. The van der Waals surface area contributed by atoms with E-state index in [9.17, 15) is 0 Å². The fourth-order valence-corrected chi connectivity index (χ4v) is 1.61. The summed E-state index contributed by atoms with van der Waals surface area (Å²) in [5.41, 5.74) is 6.84. The normalized spacial score (nSPS) is 16.6. The molecule has 0 saturated carbocycles. The first-order valence-electron chi connectivity index (χ1n) is 4.61. The van der Waals surface area contributed by atoms with Crippen LogP contribution in [0.3, 0.4) is 0 Å². The summed E-state index contributed by atoms with van der Waals surface area (Å²) < 4.78 is 0. The first-order valence-corrected chi connectivity index (χ1v) is 4.61. The van der Waals surface area contributed by atoms with Gasteiger partial charge >= 0.3 is 0 Å². The van der Waals surface area contributed by atoms with Crippen molar-refractivity contribution in [1.82, 2.24) is 5.32 Å². The molecule has 1 aliphatic carbocycles. The van der Waals surface area contributed by atoms with Crippen molar-refractivity contribution >= 4 is 0 Å². The zero-order valence-electron chi connectivity index (χ0n) is 8.43. The lowest BCUT2D eigenvalue weighted by atomic mass is 9.88. The van der Waals surface area contributed by atoms with Crippen LogP contribution in [0.5, 0.6) is 0 Å². The number of rotatable bonds is 3. The summed E-state index contributed by atoms with van der Waals surface area (Å²) >= 11 is 0. The summed E-state index contributed by atoms with van der Waals surface area (Å²) in [6, 6.07) is 0. The molecule has 2 heteroatoms. The van der Waals surface area contributed by atoms with Gasteiger partial charge in [-0.05, 0) is 32.3 Å². The Morgan fingerprint density at radius 2 is 2.31 bits per heavy atom. The van der Waals surface area contributed by atoms with Crippen LogP contribution in [-0.2, 0) is 0 Å². The predicted octanol–water partition coefficient (Wildman–Crippen LogP) is 2.06. The highest BCUT2D eigenvalue weighted by Gasteiger charge is 2.22. The second kappa shape index (κ2) is 3.69. The minimum absolute atomic E-state index is 0.0728. The third-order valence-electron chi connectivity index (χ3n) is 2.29. The van der Waals surface area contributed by atoms with Crippen LogP contribution in [0.2, 0.25) is 0 Å².